The largest absolute Gasteiger partial charge is 0.481 e. The third-order valence-electron chi connectivity index (χ3n) is 3.59. The number of halogens is 1. The minimum atomic E-state index is -0.466. The van der Waals surface area contributed by atoms with E-state index in [4.69, 9.17) is 4.74 Å². The number of benzene rings is 1. The van der Waals surface area contributed by atoms with E-state index in [0.717, 1.165) is 17.4 Å². The fourth-order valence-electron chi connectivity index (χ4n) is 2.46. The monoisotopic (exact) mass is 365 g/mol. The zero-order valence-corrected chi connectivity index (χ0v) is 14.1. The second kappa shape index (κ2) is 6.20. The van der Waals surface area contributed by atoms with Crippen molar-refractivity contribution in [3.05, 3.63) is 50.6 Å². The molecule has 0 spiro atoms. The van der Waals surface area contributed by atoms with Crippen molar-refractivity contribution < 1.29 is 9.53 Å². The third-order valence-corrected chi connectivity index (χ3v) is 5.15. The maximum Gasteiger partial charge on any atom is 0.263 e. The van der Waals surface area contributed by atoms with Crippen molar-refractivity contribution in [2.45, 2.75) is 26.0 Å². The summed E-state index contributed by atoms with van der Waals surface area (Å²) in [5.41, 5.74) is 1.27. The van der Waals surface area contributed by atoms with Gasteiger partial charge >= 0.3 is 0 Å². The molecule has 21 heavy (non-hydrogen) atoms. The normalized spacial score (nSPS) is 15.4. The van der Waals surface area contributed by atoms with Crippen LogP contribution in [0.5, 0.6) is 5.75 Å². The average Bonchev–Trinajstić information content (AvgIpc) is 2.96. The molecule has 1 atom stereocenters. The molecule has 3 nitrogen and oxygen atoms in total. The van der Waals surface area contributed by atoms with Gasteiger partial charge in [-0.3, -0.25) is 4.79 Å². The molecule has 5 heteroatoms. The molecule has 0 fully saturated rings. The van der Waals surface area contributed by atoms with Gasteiger partial charge in [0.1, 0.15) is 5.75 Å². The zero-order valence-electron chi connectivity index (χ0n) is 11.7. The summed E-state index contributed by atoms with van der Waals surface area (Å²) in [5, 5.41) is 2.10. The highest BCUT2D eigenvalue weighted by Gasteiger charge is 2.26. The number of nitrogens with zero attached hydrogens (tertiary/aromatic N) is 1. The summed E-state index contributed by atoms with van der Waals surface area (Å²) in [6.45, 7) is 3.29. The van der Waals surface area contributed by atoms with E-state index >= 15 is 0 Å². The summed E-state index contributed by atoms with van der Waals surface area (Å²) in [4.78, 5) is 15.8. The highest BCUT2D eigenvalue weighted by Crippen LogP contribution is 2.25. The number of carbonyl (C=O) groups excluding carboxylic acids is 1. The fraction of sp³-hybridized carbons (Fsp3) is 0.312. The predicted octanol–water partition coefficient (Wildman–Crippen LogP) is 3.86. The van der Waals surface area contributed by atoms with E-state index in [2.05, 4.69) is 27.4 Å². The minimum Gasteiger partial charge on any atom is -0.481 e. The van der Waals surface area contributed by atoms with Crippen LogP contribution in [0, 0.1) is 0 Å². The Balaban J connectivity index is 1.64. The number of rotatable bonds is 3. The Hall–Kier alpha value is -1.33. The number of hydrogen-bond donors (Lipinski definition) is 0. The van der Waals surface area contributed by atoms with Crippen molar-refractivity contribution in [2.75, 3.05) is 6.54 Å². The van der Waals surface area contributed by atoms with Crippen LogP contribution >= 0.6 is 27.3 Å². The first-order valence-corrected chi connectivity index (χ1v) is 8.57. The molecule has 0 saturated carbocycles. The van der Waals surface area contributed by atoms with Crippen LogP contribution in [0.15, 0.2) is 40.2 Å². The second-order valence-corrected chi connectivity index (χ2v) is 7.01. The van der Waals surface area contributed by atoms with Gasteiger partial charge in [-0.05, 0) is 54.6 Å². The summed E-state index contributed by atoms with van der Waals surface area (Å²) in [5.74, 6) is 0.766. The van der Waals surface area contributed by atoms with E-state index in [9.17, 15) is 4.79 Å². The Morgan fingerprint density at radius 1 is 1.33 bits per heavy atom. The van der Waals surface area contributed by atoms with E-state index in [0.29, 0.717) is 12.3 Å². The van der Waals surface area contributed by atoms with Gasteiger partial charge in [0.25, 0.3) is 5.91 Å². The molecule has 0 aliphatic carbocycles. The van der Waals surface area contributed by atoms with E-state index < -0.39 is 6.10 Å². The Morgan fingerprint density at radius 3 is 2.86 bits per heavy atom. The Labute approximate surface area is 136 Å². The first-order valence-electron chi connectivity index (χ1n) is 6.90. The molecule has 110 valence electrons. The van der Waals surface area contributed by atoms with Gasteiger partial charge in [-0.1, -0.05) is 15.9 Å². The van der Waals surface area contributed by atoms with Gasteiger partial charge in [0.2, 0.25) is 0 Å². The lowest BCUT2D eigenvalue weighted by Gasteiger charge is -2.29. The molecule has 0 saturated heterocycles. The molecule has 1 amide bonds. The van der Waals surface area contributed by atoms with Gasteiger partial charge in [-0.2, -0.15) is 0 Å². The molecule has 1 aliphatic heterocycles. The minimum absolute atomic E-state index is 0.0507. The number of carbonyl (C=O) groups is 1. The molecule has 2 aromatic rings. The van der Waals surface area contributed by atoms with Gasteiger partial charge in [-0.15, -0.1) is 11.3 Å². The Morgan fingerprint density at radius 2 is 2.10 bits per heavy atom. The van der Waals surface area contributed by atoms with Crippen molar-refractivity contribution in [2.24, 2.45) is 0 Å². The molecular formula is C16H16BrNO2S. The van der Waals surface area contributed by atoms with Crippen molar-refractivity contribution in [3.63, 3.8) is 0 Å². The highest BCUT2D eigenvalue weighted by molar-refractivity contribution is 9.10. The molecule has 1 aromatic carbocycles. The lowest BCUT2D eigenvalue weighted by molar-refractivity contribution is -0.138. The van der Waals surface area contributed by atoms with E-state index in [1.807, 2.05) is 36.1 Å². The van der Waals surface area contributed by atoms with Crippen LogP contribution in [0.1, 0.15) is 17.4 Å². The molecular weight excluding hydrogens is 350 g/mol. The van der Waals surface area contributed by atoms with E-state index in [1.54, 1.807) is 11.3 Å². The van der Waals surface area contributed by atoms with Crippen molar-refractivity contribution in [1.82, 2.24) is 4.90 Å². The zero-order chi connectivity index (χ0) is 14.8. The van der Waals surface area contributed by atoms with Crippen molar-refractivity contribution >= 4 is 33.2 Å². The van der Waals surface area contributed by atoms with Crippen LogP contribution in [-0.2, 0) is 17.8 Å². The van der Waals surface area contributed by atoms with Gasteiger partial charge in [0.05, 0.1) is 0 Å². The Kier molecular flexibility index (Phi) is 4.31. The first-order chi connectivity index (χ1) is 10.1. The lowest BCUT2D eigenvalue weighted by atomic mass is 10.1. The van der Waals surface area contributed by atoms with Crippen LogP contribution in [0.3, 0.4) is 0 Å². The molecule has 1 aliphatic rings. The average molecular weight is 366 g/mol. The fourth-order valence-corrected chi connectivity index (χ4v) is 3.62. The molecule has 0 N–H and O–H groups in total. The van der Waals surface area contributed by atoms with E-state index in [-0.39, 0.29) is 5.91 Å². The summed E-state index contributed by atoms with van der Waals surface area (Å²) >= 11 is 5.16. The summed E-state index contributed by atoms with van der Waals surface area (Å²) in [6, 6.07) is 9.65. The van der Waals surface area contributed by atoms with Crippen LogP contribution in [0.4, 0.5) is 0 Å². The van der Waals surface area contributed by atoms with Crippen LogP contribution < -0.4 is 4.74 Å². The molecule has 0 unspecified atom stereocenters. The summed E-state index contributed by atoms with van der Waals surface area (Å²) in [6.07, 6.45) is 0.482. The highest BCUT2D eigenvalue weighted by atomic mass is 79.9. The van der Waals surface area contributed by atoms with Crippen LogP contribution in [0.25, 0.3) is 0 Å². The van der Waals surface area contributed by atoms with E-state index in [1.165, 1.54) is 10.4 Å². The van der Waals surface area contributed by atoms with Gasteiger partial charge in [0, 0.05) is 22.4 Å². The standard InChI is InChI=1S/C16H16BrNO2S/c1-11(20-14-4-2-13(17)3-5-14)16(19)18-8-6-15-12(10-18)7-9-21-15/h2-5,7,9,11H,6,8,10H2,1H3/t11-/m1/s1. The molecule has 0 bridgehead atoms. The second-order valence-electron chi connectivity index (χ2n) is 5.09. The number of ether oxygens (including phenoxy) is 1. The number of thiophene rings is 1. The smallest absolute Gasteiger partial charge is 0.263 e. The predicted molar refractivity (Wildman–Crippen MR) is 87.7 cm³/mol. The van der Waals surface area contributed by atoms with Gasteiger partial charge < -0.3 is 9.64 Å². The molecule has 3 rings (SSSR count). The maximum atomic E-state index is 12.5. The van der Waals surface area contributed by atoms with Gasteiger partial charge in [0.15, 0.2) is 6.10 Å². The van der Waals surface area contributed by atoms with Crippen molar-refractivity contribution in [1.29, 1.82) is 0 Å². The SMILES string of the molecule is C[C@@H](Oc1ccc(Br)cc1)C(=O)N1CCc2sccc2C1. The quantitative estimate of drug-likeness (QED) is 0.826. The number of amides is 1. The van der Waals surface area contributed by atoms with Crippen LogP contribution in [-0.4, -0.2) is 23.5 Å². The Bertz CT molecular complexity index is 638. The number of fused-ring (bicyclic) bond motifs is 1. The summed E-state index contributed by atoms with van der Waals surface area (Å²) in [7, 11) is 0. The topological polar surface area (TPSA) is 29.5 Å². The lowest BCUT2D eigenvalue weighted by Crippen LogP contribution is -2.42. The summed E-state index contributed by atoms with van der Waals surface area (Å²) < 4.78 is 6.74. The molecule has 0 radical (unpaired) electrons. The third kappa shape index (κ3) is 3.30. The number of hydrogen-bond acceptors (Lipinski definition) is 3. The molecule has 2 heterocycles. The maximum absolute atomic E-state index is 12.5. The van der Waals surface area contributed by atoms with Crippen molar-refractivity contribution in [3.8, 4) is 5.75 Å². The van der Waals surface area contributed by atoms with Gasteiger partial charge in [-0.25, -0.2) is 0 Å². The molecule has 1 aromatic heterocycles. The first kappa shape index (κ1) is 14.6. The van der Waals surface area contributed by atoms with Crippen LogP contribution in [0.2, 0.25) is 0 Å².